The summed E-state index contributed by atoms with van der Waals surface area (Å²) in [5, 5.41) is 3.24. The van der Waals surface area contributed by atoms with E-state index < -0.39 is 0 Å². The molecule has 0 bridgehead atoms. The molecule has 0 aliphatic heterocycles. The van der Waals surface area contributed by atoms with E-state index in [2.05, 4.69) is 5.32 Å². The van der Waals surface area contributed by atoms with Crippen molar-refractivity contribution in [1.82, 2.24) is 5.32 Å². The summed E-state index contributed by atoms with van der Waals surface area (Å²) in [4.78, 5) is 0. The van der Waals surface area contributed by atoms with Gasteiger partial charge in [0.05, 0.1) is 6.61 Å². The fourth-order valence-corrected chi connectivity index (χ4v) is 2.17. The van der Waals surface area contributed by atoms with Gasteiger partial charge in [-0.25, -0.2) is 4.39 Å². The molecule has 1 N–H and O–H groups in total. The van der Waals surface area contributed by atoms with Crippen LogP contribution in [-0.2, 0) is 6.54 Å². The van der Waals surface area contributed by atoms with E-state index in [9.17, 15) is 4.39 Å². The normalized spacial score (nSPS) is 10.6. The van der Waals surface area contributed by atoms with Gasteiger partial charge in [0.15, 0.2) is 0 Å². The number of nitrogens with one attached hydrogen (secondary N) is 1. The minimum atomic E-state index is -0.206. The van der Waals surface area contributed by atoms with E-state index in [1.807, 2.05) is 44.2 Å². The van der Waals surface area contributed by atoms with Crippen LogP contribution in [-0.4, -0.2) is 13.2 Å². The first-order valence-electron chi connectivity index (χ1n) is 6.97. The average Bonchev–Trinajstić information content (AvgIpc) is 2.46. The van der Waals surface area contributed by atoms with Crippen molar-refractivity contribution in [2.45, 2.75) is 20.4 Å². The second-order valence-electron chi connectivity index (χ2n) is 4.54. The molecule has 0 unspecified atom stereocenters. The molecule has 0 saturated carbocycles. The molecule has 0 radical (unpaired) electrons. The molecular formula is C17H20FNO. The minimum Gasteiger partial charge on any atom is -0.494 e. The van der Waals surface area contributed by atoms with Crippen LogP contribution in [0.5, 0.6) is 5.75 Å². The third-order valence-electron chi connectivity index (χ3n) is 3.09. The second kappa shape index (κ2) is 7.06. The molecule has 20 heavy (non-hydrogen) atoms. The molecule has 0 heterocycles. The molecule has 0 atom stereocenters. The lowest BCUT2D eigenvalue weighted by molar-refractivity contribution is 0.340. The van der Waals surface area contributed by atoms with Crippen molar-refractivity contribution in [2.24, 2.45) is 0 Å². The fraction of sp³-hybridized carbons (Fsp3) is 0.294. The number of rotatable bonds is 6. The van der Waals surface area contributed by atoms with Crippen molar-refractivity contribution in [3.05, 3.63) is 53.8 Å². The van der Waals surface area contributed by atoms with Crippen LogP contribution in [0.2, 0.25) is 0 Å². The number of hydrogen-bond donors (Lipinski definition) is 1. The maximum Gasteiger partial charge on any atom is 0.123 e. The third-order valence-corrected chi connectivity index (χ3v) is 3.09. The van der Waals surface area contributed by atoms with Crippen molar-refractivity contribution in [1.29, 1.82) is 0 Å². The fourth-order valence-electron chi connectivity index (χ4n) is 2.17. The Hall–Kier alpha value is -1.87. The van der Waals surface area contributed by atoms with E-state index in [0.717, 1.165) is 29.0 Å². The molecule has 0 fully saturated rings. The lowest BCUT2D eigenvalue weighted by Crippen LogP contribution is -2.12. The van der Waals surface area contributed by atoms with Gasteiger partial charge in [-0.05, 0) is 54.4 Å². The van der Waals surface area contributed by atoms with Gasteiger partial charge in [-0.2, -0.15) is 0 Å². The van der Waals surface area contributed by atoms with E-state index in [1.54, 1.807) is 6.07 Å². The summed E-state index contributed by atoms with van der Waals surface area (Å²) in [5.41, 5.74) is 3.04. The molecule has 0 saturated heterocycles. The Balaban J connectivity index is 2.37. The molecule has 0 amide bonds. The Morgan fingerprint density at radius 3 is 2.70 bits per heavy atom. The summed E-state index contributed by atoms with van der Waals surface area (Å²) >= 11 is 0. The largest absolute Gasteiger partial charge is 0.494 e. The Morgan fingerprint density at radius 2 is 1.95 bits per heavy atom. The van der Waals surface area contributed by atoms with Crippen LogP contribution in [0, 0.1) is 5.82 Å². The van der Waals surface area contributed by atoms with Gasteiger partial charge >= 0.3 is 0 Å². The van der Waals surface area contributed by atoms with E-state index in [0.29, 0.717) is 13.2 Å². The van der Waals surface area contributed by atoms with Gasteiger partial charge in [-0.3, -0.25) is 0 Å². The zero-order chi connectivity index (χ0) is 14.4. The van der Waals surface area contributed by atoms with Crippen molar-refractivity contribution in [2.75, 3.05) is 13.2 Å². The molecule has 0 spiro atoms. The summed E-state index contributed by atoms with van der Waals surface area (Å²) in [6, 6.07) is 12.8. The predicted molar refractivity (Wildman–Crippen MR) is 80.4 cm³/mol. The monoisotopic (exact) mass is 273 g/mol. The van der Waals surface area contributed by atoms with Crippen LogP contribution in [0.25, 0.3) is 11.1 Å². The number of benzene rings is 2. The summed E-state index contributed by atoms with van der Waals surface area (Å²) in [7, 11) is 0. The first kappa shape index (κ1) is 14.5. The van der Waals surface area contributed by atoms with Crippen LogP contribution in [0.15, 0.2) is 42.5 Å². The first-order chi connectivity index (χ1) is 9.74. The van der Waals surface area contributed by atoms with Crippen LogP contribution in [0.4, 0.5) is 4.39 Å². The van der Waals surface area contributed by atoms with Crippen molar-refractivity contribution in [3.63, 3.8) is 0 Å². The quantitative estimate of drug-likeness (QED) is 0.859. The van der Waals surface area contributed by atoms with E-state index in [4.69, 9.17) is 4.74 Å². The molecular weight excluding hydrogens is 253 g/mol. The Bertz CT molecular complexity index is 569. The maximum absolute atomic E-state index is 13.4. The zero-order valence-electron chi connectivity index (χ0n) is 11.9. The second-order valence-corrected chi connectivity index (χ2v) is 4.54. The standard InChI is InChI=1S/C17H20FNO/c1-3-19-12-14-10-15(18)8-9-17(14)13-6-5-7-16(11-13)20-4-2/h5-11,19H,3-4,12H2,1-2H3. The first-order valence-corrected chi connectivity index (χ1v) is 6.97. The Labute approximate surface area is 119 Å². The molecule has 2 rings (SSSR count). The summed E-state index contributed by atoms with van der Waals surface area (Å²) < 4.78 is 19.0. The van der Waals surface area contributed by atoms with Gasteiger partial charge in [0.2, 0.25) is 0 Å². The minimum absolute atomic E-state index is 0.206. The molecule has 0 aliphatic carbocycles. The van der Waals surface area contributed by atoms with Crippen LogP contribution >= 0.6 is 0 Å². The highest BCUT2D eigenvalue weighted by atomic mass is 19.1. The lowest BCUT2D eigenvalue weighted by Gasteiger charge is -2.12. The van der Waals surface area contributed by atoms with Gasteiger partial charge in [0, 0.05) is 6.54 Å². The Kier molecular flexibility index (Phi) is 5.13. The van der Waals surface area contributed by atoms with E-state index in [1.165, 1.54) is 6.07 Å². The van der Waals surface area contributed by atoms with Crippen molar-refractivity contribution in [3.8, 4) is 16.9 Å². The van der Waals surface area contributed by atoms with E-state index in [-0.39, 0.29) is 5.82 Å². The molecule has 2 nitrogen and oxygen atoms in total. The maximum atomic E-state index is 13.4. The van der Waals surface area contributed by atoms with Crippen molar-refractivity contribution < 1.29 is 9.13 Å². The van der Waals surface area contributed by atoms with Gasteiger partial charge in [0.1, 0.15) is 11.6 Å². The van der Waals surface area contributed by atoms with Gasteiger partial charge in [-0.1, -0.05) is 25.1 Å². The molecule has 0 aliphatic rings. The van der Waals surface area contributed by atoms with E-state index >= 15 is 0 Å². The van der Waals surface area contributed by atoms with Crippen LogP contribution < -0.4 is 10.1 Å². The lowest BCUT2D eigenvalue weighted by atomic mass is 9.99. The smallest absolute Gasteiger partial charge is 0.123 e. The summed E-state index contributed by atoms with van der Waals surface area (Å²) in [6.07, 6.45) is 0. The number of ether oxygens (including phenoxy) is 1. The van der Waals surface area contributed by atoms with Gasteiger partial charge < -0.3 is 10.1 Å². The third kappa shape index (κ3) is 3.58. The molecule has 2 aromatic rings. The highest BCUT2D eigenvalue weighted by Gasteiger charge is 2.07. The highest BCUT2D eigenvalue weighted by Crippen LogP contribution is 2.27. The predicted octanol–water partition coefficient (Wildman–Crippen LogP) is 4.00. The Morgan fingerprint density at radius 1 is 1.10 bits per heavy atom. The van der Waals surface area contributed by atoms with Gasteiger partial charge in [0.25, 0.3) is 0 Å². The van der Waals surface area contributed by atoms with Crippen LogP contribution in [0.1, 0.15) is 19.4 Å². The van der Waals surface area contributed by atoms with Crippen molar-refractivity contribution >= 4 is 0 Å². The summed E-state index contributed by atoms with van der Waals surface area (Å²) in [6.45, 7) is 6.14. The topological polar surface area (TPSA) is 21.3 Å². The van der Waals surface area contributed by atoms with Gasteiger partial charge in [-0.15, -0.1) is 0 Å². The van der Waals surface area contributed by atoms with Crippen LogP contribution in [0.3, 0.4) is 0 Å². The molecule has 3 heteroatoms. The molecule has 2 aromatic carbocycles. The summed E-state index contributed by atoms with van der Waals surface area (Å²) in [5.74, 6) is 0.631. The highest BCUT2D eigenvalue weighted by molar-refractivity contribution is 5.68. The zero-order valence-corrected chi connectivity index (χ0v) is 11.9. The number of halogens is 1. The number of hydrogen-bond acceptors (Lipinski definition) is 2. The SMILES string of the molecule is CCNCc1cc(F)ccc1-c1cccc(OCC)c1. The average molecular weight is 273 g/mol. The molecule has 0 aromatic heterocycles. The molecule has 106 valence electrons.